The number of ether oxygens (including phenoxy) is 1. The first-order valence-corrected chi connectivity index (χ1v) is 10.1. The molecule has 6 heteroatoms. The molecule has 134 valence electrons. The Balaban J connectivity index is 2.32. The number of carbonyl (C=O) groups is 1. The Labute approximate surface area is 145 Å². The Morgan fingerprint density at radius 1 is 1.08 bits per heavy atom. The van der Waals surface area contributed by atoms with Gasteiger partial charge >= 0.3 is 14.8 Å². The summed E-state index contributed by atoms with van der Waals surface area (Å²) < 4.78 is 21.9. The van der Waals surface area contributed by atoms with Gasteiger partial charge in [-0.25, -0.2) is 4.79 Å². The van der Waals surface area contributed by atoms with E-state index < -0.39 is 14.8 Å². The molecule has 0 atom stereocenters. The molecule has 1 aromatic rings. The van der Waals surface area contributed by atoms with Gasteiger partial charge < -0.3 is 18.0 Å². The van der Waals surface area contributed by atoms with Gasteiger partial charge in [0.2, 0.25) is 0 Å². The number of benzene rings is 1. The van der Waals surface area contributed by atoms with Gasteiger partial charge in [0, 0.05) is 25.8 Å². The summed E-state index contributed by atoms with van der Waals surface area (Å²) in [5, 5.41) is 0. The van der Waals surface area contributed by atoms with E-state index in [1.54, 1.807) is 21.1 Å². The average molecular weight is 353 g/mol. The first-order chi connectivity index (χ1) is 11.5. The van der Waals surface area contributed by atoms with E-state index in [-0.39, 0.29) is 13.2 Å². The van der Waals surface area contributed by atoms with Crippen LogP contribution in [-0.2, 0) is 29.2 Å². The van der Waals surface area contributed by atoms with Gasteiger partial charge in [0.05, 0.1) is 6.61 Å². The molecule has 0 aliphatic rings. The van der Waals surface area contributed by atoms with Crippen molar-refractivity contribution in [2.24, 2.45) is 0 Å². The summed E-state index contributed by atoms with van der Waals surface area (Å²) >= 11 is 0. The maximum Gasteiger partial charge on any atom is 0.500 e. The van der Waals surface area contributed by atoms with Crippen molar-refractivity contribution < 1.29 is 22.8 Å². The largest absolute Gasteiger partial charge is 0.500 e. The number of unbranched alkanes of at least 4 members (excludes halogenated alkanes) is 1. The van der Waals surface area contributed by atoms with Crippen LogP contribution in [0, 0.1) is 0 Å². The summed E-state index contributed by atoms with van der Waals surface area (Å²) in [5.41, 5.74) is 1.70. The molecule has 1 rings (SSSR count). The minimum Gasteiger partial charge on any atom is -0.460 e. The Morgan fingerprint density at radius 3 is 2.33 bits per heavy atom. The summed E-state index contributed by atoms with van der Waals surface area (Å²) in [6.07, 6.45) is 3.02. The van der Waals surface area contributed by atoms with E-state index in [1.807, 2.05) is 18.2 Å². The molecule has 24 heavy (non-hydrogen) atoms. The topological polar surface area (TPSA) is 54.0 Å². The van der Waals surface area contributed by atoms with Crippen LogP contribution >= 0.6 is 0 Å². The molecule has 0 aliphatic heterocycles. The first kappa shape index (κ1) is 20.6. The Morgan fingerprint density at radius 2 is 1.75 bits per heavy atom. The van der Waals surface area contributed by atoms with E-state index in [9.17, 15) is 4.79 Å². The number of hydrogen-bond acceptors (Lipinski definition) is 5. The van der Waals surface area contributed by atoms with Gasteiger partial charge in [-0.05, 0) is 31.7 Å². The van der Waals surface area contributed by atoms with Gasteiger partial charge in [0.25, 0.3) is 0 Å². The van der Waals surface area contributed by atoms with E-state index in [4.69, 9.17) is 18.0 Å². The van der Waals surface area contributed by atoms with Gasteiger partial charge in [-0.3, -0.25) is 0 Å². The van der Waals surface area contributed by atoms with E-state index in [0.717, 1.165) is 25.3 Å². The molecule has 0 aliphatic carbocycles. The van der Waals surface area contributed by atoms with Crippen molar-refractivity contribution in [3.8, 4) is 0 Å². The molecular formula is C18H28O5Si. The molecule has 0 bridgehead atoms. The Bertz CT molecular complexity index is 499. The van der Waals surface area contributed by atoms with E-state index in [1.165, 1.54) is 5.56 Å². The molecule has 0 unspecified atom stereocenters. The first-order valence-electron chi connectivity index (χ1n) is 8.14. The van der Waals surface area contributed by atoms with Crippen LogP contribution in [0.1, 0.15) is 25.3 Å². The highest BCUT2D eigenvalue weighted by Crippen LogP contribution is 2.18. The Hall–Kier alpha value is -1.47. The van der Waals surface area contributed by atoms with Crippen molar-refractivity contribution in [2.75, 3.05) is 27.4 Å². The normalized spacial score (nSPS) is 11.3. The van der Waals surface area contributed by atoms with Crippen LogP contribution < -0.4 is 0 Å². The van der Waals surface area contributed by atoms with Crippen molar-refractivity contribution in [2.45, 2.75) is 32.2 Å². The molecule has 5 nitrogen and oxygen atoms in total. The van der Waals surface area contributed by atoms with Crippen molar-refractivity contribution in [3.05, 3.63) is 48.0 Å². The third-order valence-electron chi connectivity index (χ3n) is 3.65. The summed E-state index contributed by atoms with van der Waals surface area (Å²) in [5.74, 6) is -0.413. The van der Waals surface area contributed by atoms with E-state index in [2.05, 4.69) is 18.7 Å². The van der Waals surface area contributed by atoms with Crippen LogP contribution in [0.2, 0.25) is 6.04 Å². The fourth-order valence-corrected chi connectivity index (χ4v) is 4.28. The third-order valence-corrected chi connectivity index (χ3v) is 6.50. The molecule has 0 aromatic heterocycles. The summed E-state index contributed by atoms with van der Waals surface area (Å²) in [7, 11) is 0.513. The highest BCUT2D eigenvalue weighted by atomic mass is 28.4. The summed E-state index contributed by atoms with van der Waals surface area (Å²) in [6, 6.07) is 11.1. The molecule has 1 aromatic carbocycles. The van der Waals surface area contributed by atoms with Gasteiger partial charge in [-0.15, -0.1) is 0 Å². The maximum atomic E-state index is 11.3. The standard InChI is InChI=1S/C18H28O5Si/c1-16(2)18(19)22-13-14-23-24(20-3,21-4)15-9-8-12-17-10-6-5-7-11-17/h5-7,10-11H,1,8-9,12-15H2,2-4H3. The average Bonchev–Trinajstić information content (AvgIpc) is 2.61. The minimum atomic E-state index is -2.69. The number of carbonyl (C=O) groups excluding carboxylic acids is 1. The Kier molecular flexibility index (Phi) is 9.55. The van der Waals surface area contributed by atoms with Crippen LogP contribution in [0.5, 0.6) is 0 Å². The number of hydrogen-bond donors (Lipinski definition) is 0. The third kappa shape index (κ3) is 7.40. The van der Waals surface area contributed by atoms with Gasteiger partial charge in [-0.1, -0.05) is 36.9 Å². The quantitative estimate of drug-likeness (QED) is 0.250. The molecule has 0 fully saturated rings. The number of esters is 1. The highest BCUT2D eigenvalue weighted by molar-refractivity contribution is 6.60. The van der Waals surface area contributed by atoms with Crippen LogP contribution in [0.4, 0.5) is 0 Å². The van der Waals surface area contributed by atoms with Crippen molar-refractivity contribution in [3.63, 3.8) is 0 Å². The minimum absolute atomic E-state index is 0.164. The monoisotopic (exact) mass is 352 g/mol. The number of rotatable bonds is 12. The molecule has 0 spiro atoms. The zero-order valence-electron chi connectivity index (χ0n) is 14.9. The lowest BCUT2D eigenvalue weighted by molar-refractivity contribution is -0.140. The molecule has 0 saturated heterocycles. The van der Waals surface area contributed by atoms with E-state index >= 15 is 0 Å². The van der Waals surface area contributed by atoms with Crippen molar-refractivity contribution in [1.29, 1.82) is 0 Å². The second kappa shape index (κ2) is 11.1. The van der Waals surface area contributed by atoms with Gasteiger partial charge in [0.15, 0.2) is 0 Å². The van der Waals surface area contributed by atoms with Crippen LogP contribution in [0.15, 0.2) is 42.5 Å². The zero-order valence-corrected chi connectivity index (χ0v) is 15.9. The predicted octanol–water partition coefficient (Wildman–Crippen LogP) is 3.38. The molecular weight excluding hydrogens is 324 g/mol. The number of aryl methyl sites for hydroxylation is 1. The van der Waals surface area contributed by atoms with Crippen molar-refractivity contribution >= 4 is 14.8 Å². The molecule has 0 N–H and O–H groups in total. The predicted molar refractivity (Wildman–Crippen MR) is 95.7 cm³/mol. The molecule has 0 amide bonds. The molecule has 0 saturated carbocycles. The second-order valence-electron chi connectivity index (χ2n) is 5.55. The lowest BCUT2D eigenvalue weighted by Crippen LogP contribution is -2.44. The fraction of sp³-hybridized carbons (Fsp3) is 0.500. The van der Waals surface area contributed by atoms with Crippen LogP contribution in [0.3, 0.4) is 0 Å². The fourth-order valence-electron chi connectivity index (χ4n) is 2.25. The van der Waals surface area contributed by atoms with Gasteiger partial charge in [0.1, 0.15) is 6.61 Å². The lowest BCUT2D eigenvalue weighted by atomic mass is 10.1. The van der Waals surface area contributed by atoms with Crippen LogP contribution in [0.25, 0.3) is 0 Å². The summed E-state index contributed by atoms with van der Waals surface area (Å²) in [4.78, 5) is 11.3. The van der Waals surface area contributed by atoms with E-state index in [0.29, 0.717) is 5.57 Å². The highest BCUT2D eigenvalue weighted by Gasteiger charge is 2.38. The molecule has 0 radical (unpaired) electrons. The lowest BCUT2D eigenvalue weighted by Gasteiger charge is -2.26. The van der Waals surface area contributed by atoms with Gasteiger partial charge in [-0.2, -0.15) is 0 Å². The smallest absolute Gasteiger partial charge is 0.460 e. The second-order valence-corrected chi connectivity index (χ2v) is 8.52. The zero-order chi connectivity index (χ0) is 17.8. The summed E-state index contributed by atoms with van der Waals surface area (Å²) in [6.45, 7) is 5.56. The van der Waals surface area contributed by atoms with Crippen molar-refractivity contribution in [1.82, 2.24) is 0 Å². The molecule has 0 heterocycles. The SMILES string of the molecule is C=C(C)C(=O)OCCO[Si](CCCCc1ccccc1)(OC)OC. The van der Waals surface area contributed by atoms with Crippen LogP contribution in [-0.4, -0.2) is 42.2 Å². The maximum absolute atomic E-state index is 11.3.